The first-order valence-electron chi connectivity index (χ1n) is 4.52. The van der Waals surface area contributed by atoms with E-state index in [2.05, 4.69) is 10.2 Å². The Morgan fingerprint density at radius 2 is 2.38 bits per heavy atom. The number of amides is 1. The Balaban J connectivity index is 2.40. The maximum atomic E-state index is 11.6. The second kappa shape index (κ2) is 6.44. The van der Waals surface area contributed by atoms with E-state index >= 15 is 0 Å². The Kier molecular flexibility index (Phi) is 5.20. The van der Waals surface area contributed by atoms with Gasteiger partial charge >= 0.3 is 5.97 Å². The van der Waals surface area contributed by atoms with Crippen LogP contribution in [0.5, 0.6) is 0 Å². The molecule has 0 saturated heterocycles. The number of carbonyl (C=O) groups is 2. The van der Waals surface area contributed by atoms with Crippen LogP contribution in [0.2, 0.25) is 0 Å². The summed E-state index contributed by atoms with van der Waals surface area (Å²) < 4.78 is 0.708. The standard InChI is InChI=1S/C8H11N3O3S2/c1-2-11(3-7(13)14)6(12)4-15-8-10-9-5-16-8/h5H,2-4H2,1H3,(H,13,14). The summed E-state index contributed by atoms with van der Waals surface area (Å²) in [5.74, 6) is -1.02. The third-order valence-corrected chi connectivity index (χ3v) is 3.56. The second-order valence-corrected chi connectivity index (χ2v) is 4.85. The summed E-state index contributed by atoms with van der Waals surface area (Å²) in [6.07, 6.45) is 0. The van der Waals surface area contributed by atoms with Crippen LogP contribution < -0.4 is 0 Å². The summed E-state index contributed by atoms with van der Waals surface area (Å²) in [6.45, 7) is 1.88. The molecule has 0 saturated carbocycles. The molecule has 0 atom stereocenters. The highest BCUT2D eigenvalue weighted by Gasteiger charge is 2.15. The molecule has 0 fully saturated rings. The molecule has 1 heterocycles. The van der Waals surface area contributed by atoms with E-state index in [9.17, 15) is 9.59 Å². The SMILES string of the molecule is CCN(CC(=O)O)C(=O)CSc1nncs1. The quantitative estimate of drug-likeness (QED) is 0.753. The minimum absolute atomic E-state index is 0.191. The van der Waals surface area contributed by atoms with Crippen molar-refractivity contribution in [1.82, 2.24) is 15.1 Å². The van der Waals surface area contributed by atoms with E-state index in [-0.39, 0.29) is 18.2 Å². The third-order valence-electron chi connectivity index (χ3n) is 1.72. The minimum Gasteiger partial charge on any atom is -0.480 e. The van der Waals surface area contributed by atoms with Gasteiger partial charge in [0.05, 0.1) is 5.75 Å². The van der Waals surface area contributed by atoms with Crippen molar-refractivity contribution in [2.45, 2.75) is 11.3 Å². The summed E-state index contributed by atoms with van der Waals surface area (Å²) in [5.41, 5.74) is 1.58. The van der Waals surface area contributed by atoms with Crippen LogP contribution in [-0.4, -0.2) is 50.9 Å². The Labute approximate surface area is 101 Å². The average molecular weight is 261 g/mol. The van der Waals surface area contributed by atoms with Crippen molar-refractivity contribution in [1.29, 1.82) is 0 Å². The number of nitrogens with zero attached hydrogens (tertiary/aromatic N) is 3. The van der Waals surface area contributed by atoms with Crippen molar-refractivity contribution in [2.24, 2.45) is 0 Å². The van der Waals surface area contributed by atoms with Gasteiger partial charge in [0.2, 0.25) is 5.91 Å². The van der Waals surface area contributed by atoms with Crippen molar-refractivity contribution in [3.63, 3.8) is 0 Å². The van der Waals surface area contributed by atoms with Gasteiger partial charge in [-0.25, -0.2) is 0 Å². The van der Waals surface area contributed by atoms with Gasteiger partial charge in [-0.3, -0.25) is 9.59 Å². The van der Waals surface area contributed by atoms with E-state index in [1.165, 1.54) is 28.0 Å². The van der Waals surface area contributed by atoms with Gasteiger partial charge in [0.1, 0.15) is 12.1 Å². The fourth-order valence-electron chi connectivity index (χ4n) is 0.980. The lowest BCUT2D eigenvalue weighted by Gasteiger charge is -2.17. The number of rotatable bonds is 6. The molecule has 0 aliphatic rings. The first-order chi connectivity index (χ1) is 7.63. The number of aliphatic carboxylic acids is 1. The summed E-state index contributed by atoms with van der Waals surface area (Å²) in [6, 6.07) is 0. The van der Waals surface area contributed by atoms with Gasteiger partial charge in [-0.2, -0.15) is 0 Å². The highest BCUT2D eigenvalue weighted by atomic mass is 32.2. The van der Waals surface area contributed by atoms with Crippen molar-refractivity contribution >= 4 is 35.0 Å². The number of thioether (sulfide) groups is 1. The van der Waals surface area contributed by atoms with E-state index in [0.717, 1.165) is 0 Å². The van der Waals surface area contributed by atoms with E-state index in [1.807, 2.05) is 0 Å². The average Bonchev–Trinajstić information content (AvgIpc) is 2.75. The maximum absolute atomic E-state index is 11.6. The molecule has 88 valence electrons. The number of hydrogen-bond acceptors (Lipinski definition) is 6. The first kappa shape index (κ1) is 12.9. The molecule has 1 amide bonds. The number of likely N-dealkylation sites (N-methyl/N-ethyl adjacent to an activating group) is 1. The Morgan fingerprint density at radius 3 is 2.88 bits per heavy atom. The zero-order chi connectivity index (χ0) is 12.0. The molecule has 1 N–H and O–H groups in total. The van der Waals surface area contributed by atoms with E-state index < -0.39 is 5.97 Å². The van der Waals surface area contributed by atoms with Gasteiger partial charge in [-0.1, -0.05) is 23.1 Å². The summed E-state index contributed by atoms with van der Waals surface area (Å²) in [5, 5.41) is 16.0. The van der Waals surface area contributed by atoms with Gasteiger partial charge < -0.3 is 10.0 Å². The van der Waals surface area contributed by atoms with Crippen LogP contribution in [0.4, 0.5) is 0 Å². The molecule has 8 heteroatoms. The maximum Gasteiger partial charge on any atom is 0.323 e. The molecule has 16 heavy (non-hydrogen) atoms. The molecule has 0 spiro atoms. The van der Waals surface area contributed by atoms with Crippen LogP contribution in [0.25, 0.3) is 0 Å². The summed E-state index contributed by atoms with van der Waals surface area (Å²) in [7, 11) is 0. The van der Waals surface area contributed by atoms with Crippen molar-refractivity contribution in [3.05, 3.63) is 5.51 Å². The highest BCUT2D eigenvalue weighted by molar-refractivity contribution is 8.01. The zero-order valence-electron chi connectivity index (χ0n) is 8.62. The molecule has 0 aliphatic heterocycles. The number of hydrogen-bond donors (Lipinski definition) is 1. The predicted octanol–water partition coefficient (Wildman–Crippen LogP) is 0.563. The second-order valence-electron chi connectivity index (χ2n) is 2.79. The van der Waals surface area contributed by atoms with Crippen LogP contribution in [0, 0.1) is 0 Å². The lowest BCUT2D eigenvalue weighted by atomic mass is 10.4. The lowest BCUT2D eigenvalue weighted by molar-refractivity contribution is -0.143. The first-order valence-corrected chi connectivity index (χ1v) is 6.38. The number of aromatic nitrogens is 2. The van der Waals surface area contributed by atoms with Gasteiger partial charge in [0.15, 0.2) is 4.34 Å². The van der Waals surface area contributed by atoms with Crippen molar-refractivity contribution in [2.75, 3.05) is 18.8 Å². The molecule has 1 aromatic heterocycles. The Morgan fingerprint density at radius 1 is 1.62 bits per heavy atom. The molecular formula is C8H11N3O3S2. The Bertz CT molecular complexity index is 355. The minimum atomic E-state index is -1.00. The van der Waals surface area contributed by atoms with Crippen LogP contribution in [0.1, 0.15) is 6.92 Å². The highest BCUT2D eigenvalue weighted by Crippen LogP contribution is 2.18. The fraction of sp³-hybridized carbons (Fsp3) is 0.500. The molecule has 6 nitrogen and oxygen atoms in total. The number of carboxylic acids is 1. The van der Waals surface area contributed by atoms with E-state index in [1.54, 1.807) is 12.4 Å². The zero-order valence-corrected chi connectivity index (χ0v) is 10.3. The van der Waals surface area contributed by atoms with E-state index in [4.69, 9.17) is 5.11 Å². The van der Waals surface area contributed by atoms with E-state index in [0.29, 0.717) is 10.9 Å². The summed E-state index contributed by atoms with van der Waals surface area (Å²) in [4.78, 5) is 23.4. The number of carbonyl (C=O) groups excluding carboxylic acids is 1. The normalized spacial score (nSPS) is 10.1. The van der Waals surface area contributed by atoms with Crippen LogP contribution in [0.3, 0.4) is 0 Å². The van der Waals surface area contributed by atoms with Gasteiger partial charge in [0.25, 0.3) is 0 Å². The van der Waals surface area contributed by atoms with Crippen molar-refractivity contribution in [3.8, 4) is 0 Å². The van der Waals surface area contributed by atoms with Crippen molar-refractivity contribution < 1.29 is 14.7 Å². The predicted molar refractivity (Wildman–Crippen MR) is 60.5 cm³/mol. The van der Waals surface area contributed by atoms with Crippen LogP contribution in [-0.2, 0) is 9.59 Å². The topological polar surface area (TPSA) is 83.4 Å². The molecule has 0 bridgehead atoms. The molecule has 0 unspecified atom stereocenters. The molecule has 1 aromatic rings. The smallest absolute Gasteiger partial charge is 0.323 e. The molecule has 0 aliphatic carbocycles. The monoisotopic (exact) mass is 261 g/mol. The van der Waals surface area contributed by atoms with Gasteiger partial charge in [-0.15, -0.1) is 10.2 Å². The van der Waals surface area contributed by atoms with Gasteiger partial charge in [-0.05, 0) is 6.92 Å². The largest absolute Gasteiger partial charge is 0.480 e. The third kappa shape index (κ3) is 4.15. The molecule has 0 aromatic carbocycles. The fourth-order valence-corrected chi connectivity index (χ4v) is 2.37. The van der Waals surface area contributed by atoms with Crippen LogP contribution >= 0.6 is 23.1 Å². The summed E-state index contributed by atoms with van der Waals surface area (Å²) >= 11 is 2.62. The lowest BCUT2D eigenvalue weighted by Crippen LogP contribution is -2.36. The molecule has 0 radical (unpaired) electrons. The van der Waals surface area contributed by atoms with Gasteiger partial charge in [0, 0.05) is 6.54 Å². The molecule has 1 rings (SSSR count). The number of carboxylic acid groups (broad SMARTS) is 1. The van der Waals surface area contributed by atoms with Crippen LogP contribution in [0.15, 0.2) is 9.85 Å². The Hall–Kier alpha value is -1.15. The molecular weight excluding hydrogens is 250 g/mol.